The van der Waals surface area contributed by atoms with Crippen LogP contribution in [0.1, 0.15) is 73.1 Å². The second-order valence-electron chi connectivity index (χ2n) is 6.92. The van der Waals surface area contributed by atoms with E-state index < -0.39 is 0 Å². The van der Waals surface area contributed by atoms with Crippen molar-refractivity contribution >= 4 is 0 Å². The maximum atomic E-state index is 3.87. The molecule has 0 heterocycles. The maximum absolute atomic E-state index is 3.87. The summed E-state index contributed by atoms with van der Waals surface area (Å²) in [5, 5.41) is 3.87. The normalized spacial score (nSPS) is 26.8. The van der Waals surface area contributed by atoms with Gasteiger partial charge in [-0.05, 0) is 57.2 Å². The van der Waals surface area contributed by atoms with E-state index in [4.69, 9.17) is 0 Å². The molecule has 0 bridgehead atoms. The molecule has 1 aliphatic carbocycles. The predicted molar refractivity (Wildman–Crippen MR) is 85.7 cm³/mol. The molecule has 1 N–H and O–H groups in total. The van der Waals surface area contributed by atoms with Gasteiger partial charge >= 0.3 is 0 Å². The molecule has 0 aromatic rings. The molecule has 0 saturated heterocycles. The molecular weight excluding hydrogens is 232 g/mol. The van der Waals surface area contributed by atoms with Crippen LogP contribution in [0.5, 0.6) is 0 Å². The van der Waals surface area contributed by atoms with Crippen LogP contribution in [-0.2, 0) is 0 Å². The average Bonchev–Trinajstić information content (AvgIpc) is 2.36. The van der Waals surface area contributed by atoms with Crippen molar-refractivity contribution in [1.29, 1.82) is 0 Å². The highest BCUT2D eigenvalue weighted by Gasteiger charge is 2.40. The fourth-order valence-electron chi connectivity index (χ4n) is 3.73. The Hall–Kier alpha value is -0.0800. The molecule has 0 amide bonds. The molecule has 0 spiro atoms. The van der Waals surface area contributed by atoms with Crippen molar-refractivity contribution in [3.63, 3.8) is 0 Å². The summed E-state index contributed by atoms with van der Waals surface area (Å²) in [5.41, 5.74) is 0.442. The fraction of sp³-hybridized carbons (Fsp3) is 1.00. The summed E-state index contributed by atoms with van der Waals surface area (Å²) in [4.78, 5) is 2.76. The van der Waals surface area contributed by atoms with Crippen molar-refractivity contribution in [3.8, 4) is 0 Å². The summed E-state index contributed by atoms with van der Waals surface area (Å²) >= 11 is 0. The van der Waals surface area contributed by atoms with Crippen LogP contribution in [0.25, 0.3) is 0 Å². The molecule has 0 aliphatic heterocycles. The van der Waals surface area contributed by atoms with Crippen LogP contribution in [-0.4, -0.2) is 36.6 Å². The Kier molecular flexibility index (Phi) is 7.38. The molecular formula is C17H36N2. The lowest BCUT2D eigenvalue weighted by atomic mass is 9.70. The molecule has 0 radical (unpaired) electrons. The van der Waals surface area contributed by atoms with E-state index in [0.29, 0.717) is 11.5 Å². The van der Waals surface area contributed by atoms with E-state index in [1.165, 1.54) is 51.6 Å². The van der Waals surface area contributed by atoms with Gasteiger partial charge in [-0.2, -0.15) is 0 Å². The third kappa shape index (κ3) is 4.75. The Bertz CT molecular complexity index is 231. The summed E-state index contributed by atoms with van der Waals surface area (Å²) in [6.07, 6.45) is 7.93. The quantitative estimate of drug-likeness (QED) is 0.714. The van der Waals surface area contributed by atoms with Crippen LogP contribution in [0, 0.1) is 5.41 Å². The number of rotatable bonds is 8. The van der Waals surface area contributed by atoms with Crippen LogP contribution in [0.2, 0.25) is 0 Å². The zero-order chi connectivity index (χ0) is 14.3. The second-order valence-corrected chi connectivity index (χ2v) is 6.92. The predicted octanol–water partition coefficient (Wildman–Crippen LogP) is 4.06. The highest BCUT2D eigenvalue weighted by atomic mass is 15.2. The van der Waals surface area contributed by atoms with Crippen molar-refractivity contribution in [3.05, 3.63) is 0 Å². The minimum Gasteiger partial charge on any atom is -0.312 e. The first kappa shape index (κ1) is 17.0. The molecule has 0 aromatic heterocycles. The molecule has 1 aliphatic rings. The molecule has 1 rings (SSSR count). The summed E-state index contributed by atoms with van der Waals surface area (Å²) in [6, 6.07) is 1.41. The summed E-state index contributed by atoms with van der Waals surface area (Å²) in [5.74, 6) is 0. The number of hydrogen-bond acceptors (Lipinski definition) is 2. The van der Waals surface area contributed by atoms with Crippen LogP contribution in [0.15, 0.2) is 0 Å². The van der Waals surface area contributed by atoms with Crippen molar-refractivity contribution in [1.82, 2.24) is 10.2 Å². The molecule has 2 nitrogen and oxygen atoms in total. The maximum Gasteiger partial charge on any atom is 0.0274 e. The third-order valence-electron chi connectivity index (χ3n) is 4.65. The second kappa shape index (κ2) is 8.26. The largest absolute Gasteiger partial charge is 0.312 e. The Morgan fingerprint density at radius 1 is 1.05 bits per heavy atom. The van der Waals surface area contributed by atoms with Gasteiger partial charge in [0.2, 0.25) is 0 Å². The van der Waals surface area contributed by atoms with Gasteiger partial charge in [-0.15, -0.1) is 0 Å². The number of hydrogen-bond donors (Lipinski definition) is 1. The standard InChI is InChI=1S/C17H36N2/c1-6-12-18-16-15(10-9-11-17(16,4)5)19(13-7-2)14-8-3/h15-16,18H,6-14H2,1-5H3. The van der Waals surface area contributed by atoms with Gasteiger partial charge in [0.25, 0.3) is 0 Å². The van der Waals surface area contributed by atoms with Crippen LogP contribution < -0.4 is 5.32 Å². The van der Waals surface area contributed by atoms with Crippen LogP contribution in [0.4, 0.5) is 0 Å². The fourth-order valence-corrected chi connectivity index (χ4v) is 3.73. The minimum atomic E-state index is 0.442. The van der Waals surface area contributed by atoms with Gasteiger partial charge in [-0.25, -0.2) is 0 Å². The van der Waals surface area contributed by atoms with Gasteiger partial charge in [-0.1, -0.05) is 41.0 Å². The zero-order valence-corrected chi connectivity index (χ0v) is 14.0. The smallest absolute Gasteiger partial charge is 0.0274 e. The van der Waals surface area contributed by atoms with Gasteiger partial charge in [-0.3, -0.25) is 4.90 Å². The Morgan fingerprint density at radius 3 is 2.21 bits per heavy atom. The number of nitrogens with zero attached hydrogens (tertiary/aromatic N) is 1. The van der Waals surface area contributed by atoms with Crippen LogP contribution >= 0.6 is 0 Å². The van der Waals surface area contributed by atoms with E-state index in [0.717, 1.165) is 12.6 Å². The lowest BCUT2D eigenvalue weighted by Crippen LogP contribution is -2.59. The molecule has 2 atom stereocenters. The molecule has 19 heavy (non-hydrogen) atoms. The van der Waals surface area contributed by atoms with Crippen molar-refractivity contribution in [2.75, 3.05) is 19.6 Å². The van der Waals surface area contributed by atoms with Gasteiger partial charge in [0.1, 0.15) is 0 Å². The number of nitrogens with one attached hydrogen (secondary N) is 1. The topological polar surface area (TPSA) is 15.3 Å². The zero-order valence-electron chi connectivity index (χ0n) is 14.0. The van der Waals surface area contributed by atoms with E-state index in [9.17, 15) is 0 Å². The van der Waals surface area contributed by atoms with E-state index in [-0.39, 0.29) is 0 Å². The van der Waals surface area contributed by atoms with Gasteiger partial charge < -0.3 is 5.32 Å². The van der Waals surface area contributed by atoms with E-state index in [2.05, 4.69) is 44.8 Å². The van der Waals surface area contributed by atoms with Gasteiger partial charge in [0, 0.05) is 12.1 Å². The first-order valence-electron chi connectivity index (χ1n) is 8.54. The van der Waals surface area contributed by atoms with Crippen molar-refractivity contribution in [2.45, 2.75) is 85.2 Å². The molecule has 2 unspecified atom stereocenters. The summed E-state index contributed by atoms with van der Waals surface area (Å²) in [7, 11) is 0. The van der Waals surface area contributed by atoms with E-state index in [1.54, 1.807) is 0 Å². The summed E-state index contributed by atoms with van der Waals surface area (Å²) in [6.45, 7) is 15.5. The highest BCUT2D eigenvalue weighted by Crippen LogP contribution is 2.38. The molecule has 114 valence electrons. The first-order chi connectivity index (χ1) is 9.06. The molecule has 1 saturated carbocycles. The lowest BCUT2D eigenvalue weighted by Gasteiger charge is -2.49. The van der Waals surface area contributed by atoms with Crippen molar-refractivity contribution < 1.29 is 0 Å². The van der Waals surface area contributed by atoms with Gasteiger partial charge in [0.15, 0.2) is 0 Å². The van der Waals surface area contributed by atoms with Crippen LogP contribution in [0.3, 0.4) is 0 Å². The van der Waals surface area contributed by atoms with E-state index >= 15 is 0 Å². The Morgan fingerprint density at radius 2 is 1.68 bits per heavy atom. The van der Waals surface area contributed by atoms with Crippen molar-refractivity contribution in [2.24, 2.45) is 5.41 Å². The lowest BCUT2D eigenvalue weighted by molar-refractivity contribution is 0.0480. The highest BCUT2D eigenvalue weighted by molar-refractivity contribution is 4.98. The monoisotopic (exact) mass is 268 g/mol. The van der Waals surface area contributed by atoms with E-state index in [1.807, 2.05) is 0 Å². The Labute approximate surface area is 121 Å². The SMILES string of the molecule is CCCNC1C(N(CCC)CCC)CCCC1(C)C. The molecule has 1 fully saturated rings. The minimum absolute atomic E-state index is 0.442. The average molecular weight is 268 g/mol. The molecule has 0 aromatic carbocycles. The Balaban J connectivity index is 2.78. The first-order valence-corrected chi connectivity index (χ1v) is 8.54. The molecule has 2 heteroatoms. The third-order valence-corrected chi connectivity index (χ3v) is 4.65. The van der Waals surface area contributed by atoms with Gasteiger partial charge in [0.05, 0.1) is 0 Å². The summed E-state index contributed by atoms with van der Waals surface area (Å²) < 4.78 is 0.